The SMILES string of the molecule is CCCN(c1ccc([N+](=O)[O-])cc1Br)C1CCNC1. The van der Waals surface area contributed by atoms with Crippen LogP contribution in [0.4, 0.5) is 11.4 Å². The van der Waals surface area contributed by atoms with Gasteiger partial charge in [-0.05, 0) is 41.4 Å². The number of hydrogen-bond donors (Lipinski definition) is 1. The Morgan fingerprint density at radius 1 is 1.58 bits per heavy atom. The van der Waals surface area contributed by atoms with Crippen LogP contribution in [0.15, 0.2) is 22.7 Å². The molecule has 0 spiro atoms. The van der Waals surface area contributed by atoms with Crippen molar-refractivity contribution in [2.75, 3.05) is 24.5 Å². The fourth-order valence-corrected chi connectivity index (χ4v) is 3.08. The van der Waals surface area contributed by atoms with Crippen molar-refractivity contribution >= 4 is 27.3 Å². The van der Waals surface area contributed by atoms with E-state index in [0.29, 0.717) is 6.04 Å². The smallest absolute Gasteiger partial charge is 0.270 e. The molecule has 5 nitrogen and oxygen atoms in total. The molecule has 2 rings (SSSR count). The highest BCUT2D eigenvalue weighted by Crippen LogP contribution is 2.32. The van der Waals surface area contributed by atoms with E-state index in [1.54, 1.807) is 12.1 Å². The fourth-order valence-electron chi connectivity index (χ4n) is 2.49. The summed E-state index contributed by atoms with van der Waals surface area (Å²) in [6, 6.07) is 5.47. The molecule has 0 saturated carbocycles. The zero-order valence-corrected chi connectivity index (χ0v) is 12.5. The molecule has 1 aromatic rings. The normalized spacial score (nSPS) is 18.5. The van der Waals surface area contributed by atoms with E-state index in [2.05, 4.69) is 33.1 Å². The van der Waals surface area contributed by atoms with Crippen molar-refractivity contribution in [3.05, 3.63) is 32.8 Å². The molecule has 1 heterocycles. The van der Waals surface area contributed by atoms with Crippen LogP contribution in [0.2, 0.25) is 0 Å². The first-order chi connectivity index (χ1) is 9.13. The average Bonchev–Trinajstić information content (AvgIpc) is 2.90. The summed E-state index contributed by atoms with van der Waals surface area (Å²) < 4.78 is 0.794. The van der Waals surface area contributed by atoms with E-state index in [9.17, 15) is 10.1 Å². The third-order valence-electron chi connectivity index (χ3n) is 3.39. The molecule has 1 atom stereocenters. The lowest BCUT2D eigenvalue weighted by atomic mass is 10.1. The van der Waals surface area contributed by atoms with Gasteiger partial charge in [0.2, 0.25) is 0 Å². The Bertz CT molecular complexity index is 461. The molecular formula is C13H18BrN3O2. The highest BCUT2D eigenvalue weighted by molar-refractivity contribution is 9.10. The van der Waals surface area contributed by atoms with Gasteiger partial charge in [-0.1, -0.05) is 6.92 Å². The minimum absolute atomic E-state index is 0.122. The number of nitrogens with one attached hydrogen (secondary N) is 1. The van der Waals surface area contributed by atoms with Crippen LogP contribution in [-0.4, -0.2) is 30.6 Å². The molecule has 0 aliphatic carbocycles. The second kappa shape index (κ2) is 6.34. The summed E-state index contributed by atoms with van der Waals surface area (Å²) in [6.07, 6.45) is 2.17. The van der Waals surface area contributed by atoms with Gasteiger partial charge < -0.3 is 10.2 Å². The lowest BCUT2D eigenvalue weighted by Gasteiger charge is -2.31. The molecule has 6 heteroatoms. The molecule has 1 fully saturated rings. The van der Waals surface area contributed by atoms with Gasteiger partial charge in [0, 0.05) is 35.7 Å². The predicted molar refractivity (Wildman–Crippen MR) is 79.7 cm³/mol. The van der Waals surface area contributed by atoms with E-state index in [1.165, 1.54) is 0 Å². The van der Waals surface area contributed by atoms with Gasteiger partial charge in [0.1, 0.15) is 0 Å². The fraction of sp³-hybridized carbons (Fsp3) is 0.538. The average molecular weight is 328 g/mol. The molecule has 1 N–H and O–H groups in total. The van der Waals surface area contributed by atoms with Gasteiger partial charge in [-0.25, -0.2) is 0 Å². The number of halogens is 1. The molecule has 1 unspecified atom stereocenters. The van der Waals surface area contributed by atoms with E-state index < -0.39 is 0 Å². The predicted octanol–water partition coefficient (Wildman–Crippen LogP) is 2.94. The van der Waals surface area contributed by atoms with Crippen molar-refractivity contribution < 1.29 is 4.92 Å². The Labute approximate surface area is 121 Å². The maximum Gasteiger partial charge on any atom is 0.270 e. The Balaban J connectivity index is 2.28. The summed E-state index contributed by atoms with van der Waals surface area (Å²) in [5.41, 5.74) is 1.16. The van der Waals surface area contributed by atoms with Crippen LogP contribution in [0.3, 0.4) is 0 Å². The largest absolute Gasteiger partial charge is 0.366 e. The molecule has 104 valence electrons. The quantitative estimate of drug-likeness (QED) is 0.667. The number of benzene rings is 1. The zero-order chi connectivity index (χ0) is 13.8. The van der Waals surface area contributed by atoms with Crippen molar-refractivity contribution in [2.24, 2.45) is 0 Å². The van der Waals surface area contributed by atoms with Crippen LogP contribution in [-0.2, 0) is 0 Å². The van der Waals surface area contributed by atoms with Crippen LogP contribution in [0.5, 0.6) is 0 Å². The highest BCUT2D eigenvalue weighted by Gasteiger charge is 2.24. The Morgan fingerprint density at radius 3 is 2.89 bits per heavy atom. The van der Waals surface area contributed by atoms with Gasteiger partial charge >= 0.3 is 0 Å². The maximum absolute atomic E-state index is 10.8. The number of hydrogen-bond acceptors (Lipinski definition) is 4. The minimum atomic E-state index is -0.365. The molecule has 0 amide bonds. The van der Waals surface area contributed by atoms with Crippen LogP contribution < -0.4 is 10.2 Å². The maximum atomic E-state index is 10.8. The van der Waals surface area contributed by atoms with Crippen LogP contribution in [0, 0.1) is 10.1 Å². The first kappa shape index (κ1) is 14.3. The molecule has 1 aliphatic heterocycles. The van der Waals surface area contributed by atoms with Crippen molar-refractivity contribution in [3.63, 3.8) is 0 Å². The molecule has 1 saturated heterocycles. The zero-order valence-electron chi connectivity index (χ0n) is 10.9. The number of non-ortho nitro benzene ring substituents is 1. The van der Waals surface area contributed by atoms with Crippen LogP contribution in [0.25, 0.3) is 0 Å². The number of nitro groups is 1. The monoisotopic (exact) mass is 327 g/mol. The topological polar surface area (TPSA) is 58.4 Å². The third-order valence-corrected chi connectivity index (χ3v) is 4.03. The van der Waals surface area contributed by atoms with Crippen LogP contribution >= 0.6 is 15.9 Å². The molecule has 19 heavy (non-hydrogen) atoms. The van der Waals surface area contributed by atoms with Crippen molar-refractivity contribution in [1.82, 2.24) is 5.32 Å². The van der Waals surface area contributed by atoms with Gasteiger partial charge in [-0.15, -0.1) is 0 Å². The van der Waals surface area contributed by atoms with E-state index in [4.69, 9.17) is 0 Å². The molecular weight excluding hydrogens is 310 g/mol. The molecule has 1 aliphatic rings. The van der Waals surface area contributed by atoms with Gasteiger partial charge in [0.15, 0.2) is 0 Å². The summed E-state index contributed by atoms with van der Waals surface area (Å²) in [5, 5.41) is 14.1. The Morgan fingerprint density at radius 2 is 2.37 bits per heavy atom. The third kappa shape index (κ3) is 3.25. The second-order valence-electron chi connectivity index (χ2n) is 4.73. The highest BCUT2D eigenvalue weighted by atomic mass is 79.9. The Kier molecular flexibility index (Phi) is 4.76. The van der Waals surface area contributed by atoms with Gasteiger partial charge in [-0.3, -0.25) is 10.1 Å². The van der Waals surface area contributed by atoms with E-state index in [-0.39, 0.29) is 10.6 Å². The standard InChI is InChI=1S/C13H18BrN3O2/c1-2-7-16(11-5-6-15-9-11)13-4-3-10(17(18)19)8-12(13)14/h3-4,8,11,15H,2,5-7,9H2,1H3. The lowest BCUT2D eigenvalue weighted by Crippen LogP contribution is -2.37. The van der Waals surface area contributed by atoms with Crippen molar-refractivity contribution in [1.29, 1.82) is 0 Å². The van der Waals surface area contributed by atoms with Gasteiger partial charge in [0.05, 0.1) is 10.6 Å². The van der Waals surface area contributed by atoms with Crippen LogP contribution in [0.1, 0.15) is 19.8 Å². The van der Waals surface area contributed by atoms with E-state index >= 15 is 0 Å². The number of anilines is 1. The van der Waals surface area contributed by atoms with Gasteiger partial charge in [0.25, 0.3) is 5.69 Å². The summed E-state index contributed by atoms with van der Waals surface area (Å²) in [6.45, 7) is 5.12. The molecule has 0 radical (unpaired) electrons. The number of nitro benzene ring substituents is 1. The summed E-state index contributed by atoms with van der Waals surface area (Å²) in [5.74, 6) is 0. The number of nitrogens with zero attached hydrogens (tertiary/aromatic N) is 2. The summed E-state index contributed by atoms with van der Waals surface area (Å²) in [4.78, 5) is 12.8. The first-order valence-electron chi connectivity index (χ1n) is 6.54. The van der Waals surface area contributed by atoms with Crippen molar-refractivity contribution in [3.8, 4) is 0 Å². The minimum Gasteiger partial charge on any atom is -0.366 e. The summed E-state index contributed by atoms with van der Waals surface area (Å²) in [7, 11) is 0. The molecule has 0 bridgehead atoms. The molecule has 0 aromatic heterocycles. The Hall–Kier alpha value is -1.14. The molecule has 1 aromatic carbocycles. The lowest BCUT2D eigenvalue weighted by molar-refractivity contribution is -0.384. The second-order valence-corrected chi connectivity index (χ2v) is 5.59. The number of rotatable bonds is 5. The van der Waals surface area contributed by atoms with Crippen molar-refractivity contribution in [2.45, 2.75) is 25.8 Å². The van der Waals surface area contributed by atoms with E-state index in [1.807, 2.05) is 6.07 Å². The summed E-state index contributed by atoms with van der Waals surface area (Å²) >= 11 is 3.47. The van der Waals surface area contributed by atoms with E-state index in [0.717, 1.165) is 42.6 Å². The first-order valence-corrected chi connectivity index (χ1v) is 7.34. The van der Waals surface area contributed by atoms with Gasteiger partial charge in [-0.2, -0.15) is 0 Å².